The molecule has 1 saturated heterocycles. The van der Waals surface area contributed by atoms with Crippen LogP contribution in [0, 0.1) is 6.92 Å². The molecule has 7 rings (SSSR count). The number of amides is 1. The summed E-state index contributed by atoms with van der Waals surface area (Å²) in [6, 6.07) is 10.8. The van der Waals surface area contributed by atoms with Crippen molar-refractivity contribution >= 4 is 22.8 Å². The Morgan fingerprint density at radius 1 is 1.15 bits per heavy atom. The third-order valence-electron chi connectivity index (χ3n) is 8.13. The number of imidazole rings is 1. The van der Waals surface area contributed by atoms with Crippen LogP contribution in [0.2, 0.25) is 0 Å². The Balaban J connectivity index is 1.27. The zero-order valence-corrected chi connectivity index (χ0v) is 21.4. The summed E-state index contributed by atoms with van der Waals surface area (Å²) < 4.78 is 72.5. The minimum Gasteiger partial charge on any atom is -0.434 e. The lowest BCUT2D eigenvalue weighted by Crippen LogP contribution is -2.69. The van der Waals surface area contributed by atoms with Gasteiger partial charge in [0.1, 0.15) is 17.4 Å². The summed E-state index contributed by atoms with van der Waals surface area (Å²) in [5.74, 6) is 0.482. The number of nitrogens with one attached hydrogen (secondary N) is 1. The molecule has 3 aliphatic rings. The first-order valence-electron chi connectivity index (χ1n) is 12.8. The number of aliphatic hydroxyl groups is 1. The van der Waals surface area contributed by atoms with Gasteiger partial charge >= 0.3 is 12.8 Å². The molecule has 5 heterocycles. The number of hydrogen-bond acceptors (Lipinski definition) is 6. The van der Waals surface area contributed by atoms with E-state index >= 15 is 0 Å². The lowest BCUT2D eigenvalue weighted by Gasteiger charge is -2.47. The number of alkyl halides is 5. The fourth-order valence-corrected chi connectivity index (χ4v) is 6.12. The van der Waals surface area contributed by atoms with Crippen molar-refractivity contribution in [1.29, 1.82) is 0 Å². The molecule has 2 bridgehead atoms. The maximum absolute atomic E-state index is 13.3. The molecule has 13 heteroatoms. The van der Waals surface area contributed by atoms with Gasteiger partial charge in [-0.3, -0.25) is 4.79 Å². The molecule has 2 aromatic carbocycles. The number of aryl methyl sites for hydroxylation is 1. The van der Waals surface area contributed by atoms with Gasteiger partial charge in [-0.05, 0) is 54.8 Å². The molecular formula is C28H22F5N5O3. The average Bonchev–Trinajstić information content (AvgIpc) is 3.37. The van der Waals surface area contributed by atoms with Crippen molar-refractivity contribution in [3.05, 3.63) is 71.2 Å². The second-order valence-electron chi connectivity index (χ2n) is 10.7. The molecule has 41 heavy (non-hydrogen) atoms. The Hall–Kier alpha value is -4.26. The van der Waals surface area contributed by atoms with Crippen LogP contribution < -0.4 is 15.0 Å². The van der Waals surface area contributed by atoms with E-state index in [1.807, 2.05) is 29.7 Å². The molecule has 3 aliphatic heterocycles. The molecule has 0 spiro atoms. The third-order valence-corrected chi connectivity index (χ3v) is 8.13. The quantitative estimate of drug-likeness (QED) is 0.339. The summed E-state index contributed by atoms with van der Waals surface area (Å²) in [5.41, 5.74) is 1.53. The summed E-state index contributed by atoms with van der Waals surface area (Å²) in [7, 11) is 0. The van der Waals surface area contributed by atoms with Gasteiger partial charge in [0.15, 0.2) is 5.60 Å². The van der Waals surface area contributed by atoms with E-state index < -0.39 is 43.6 Å². The number of β-amino-alcohol motifs (C(OH)–C–C–N with tert-alkyl or cyclic N) is 1. The SMILES string of the molecule is Cc1cc(N2CC(O)(C(F)(F)F)C2)ncc1-c1ccc2nc3n(c2c1)[C@@H]1C[C@H]3NC(=O)c2cccc(OC(F)F)c21. The first-order valence-corrected chi connectivity index (χ1v) is 12.8. The summed E-state index contributed by atoms with van der Waals surface area (Å²) in [4.78, 5) is 23.4. The number of fused-ring (bicyclic) bond motifs is 9. The molecule has 1 amide bonds. The fraction of sp³-hybridized carbons (Fsp3) is 0.321. The highest BCUT2D eigenvalue weighted by molar-refractivity contribution is 5.98. The Bertz CT molecular complexity index is 1730. The number of hydrogen-bond donors (Lipinski definition) is 2. The predicted molar refractivity (Wildman–Crippen MR) is 137 cm³/mol. The van der Waals surface area contributed by atoms with Crippen LogP contribution in [-0.2, 0) is 0 Å². The largest absolute Gasteiger partial charge is 0.434 e. The predicted octanol–water partition coefficient (Wildman–Crippen LogP) is 4.90. The number of carbonyl (C=O) groups is 1. The van der Waals surface area contributed by atoms with Gasteiger partial charge < -0.3 is 24.6 Å². The van der Waals surface area contributed by atoms with Crippen LogP contribution >= 0.6 is 0 Å². The van der Waals surface area contributed by atoms with Crippen molar-refractivity contribution in [2.75, 3.05) is 18.0 Å². The van der Waals surface area contributed by atoms with Crippen LogP contribution in [0.5, 0.6) is 5.75 Å². The minimum atomic E-state index is -4.72. The molecule has 0 aliphatic carbocycles. The molecule has 1 fully saturated rings. The highest BCUT2D eigenvalue weighted by atomic mass is 19.4. The minimum absolute atomic E-state index is 0.0665. The number of aromatic nitrogens is 3. The normalized spacial score (nSPS) is 20.9. The summed E-state index contributed by atoms with van der Waals surface area (Å²) >= 11 is 0. The first kappa shape index (κ1) is 25.7. The molecule has 2 N–H and O–H groups in total. The Morgan fingerprint density at radius 2 is 1.93 bits per heavy atom. The Morgan fingerprint density at radius 3 is 2.63 bits per heavy atom. The lowest BCUT2D eigenvalue weighted by molar-refractivity contribution is -0.267. The maximum Gasteiger partial charge on any atom is 0.420 e. The number of pyridine rings is 1. The molecule has 2 atom stereocenters. The van der Waals surface area contributed by atoms with Crippen LogP contribution in [0.25, 0.3) is 22.2 Å². The van der Waals surface area contributed by atoms with Gasteiger partial charge in [0.25, 0.3) is 5.91 Å². The monoisotopic (exact) mass is 571 g/mol. The van der Waals surface area contributed by atoms with Crippen LogP contribution in [0.15, 0.2) is 48.7 Å². The van der Waals surface area contributed by atoms with Gasteiger partial charge in [0.2, 0.25) is 0 Å². The molecule has 4 aromatic rings. The van der Waals surface area contributed by atoms with E-state index in [2.05, 4.69) is 10.3 Å². The van der Waals surface area contributed by atoms with Crippen molar-refractivity contribution in [1.82, 2.24) is 19.9 Å². The number of nitrogens with zero attached hydrogens (tertiary/aromatic N) is 4. The smallest absolute Gasteiger partial charge is 0.420 e. The van der Waals surface area contributed by atoms with Crippen molar-refractivity contribution < 1.29 is 36.6 Å². The van der Waals surface area contributed by atoms with Gasteiger partial charge in [-0.1, -0.05) is 12.1 Å². The van der Waals surface area contributed by atoms with E-state index in [1.165, 1.54) is 17.0 Å². The summed E-state index contributed by atoms with van der Waals surface area (Å²) in [6.45, 7) is -2.42. The molecule has 212 valence electrons. The highest BCUT2D eigenvalue weighted by Crippen LogP contribution is 2.48. The summed E-state index contributed by atoms with van der Waals surface area (Å²) in [5, 5.41) is 12.7. The van der Waals surface area contributed by atoms with Crippen molar-refractivity contribution in [3.8, 4) is 16.9 Å². The van der Waals surface area contributed by atoms with Crippen molar-refractivity contribution in [2.45, 2.75) is 43.8 Å². The van der Waals surface area contributed by atoms with E-state index in [0.29, 0.717) is 29.1 Å². The van der Waals surface area contributed by atoms with E-state index in [9.17, 15) is 31.9 Å². The number of halogens is 5. The molecule has 0 radical (unpaired) electrons. The van der Waals surface area contributed by atoms with Crippen LogP contribution in [0.3, 0.4) is 0 Å². The maximum atomic E-state index is 13.3. The number of ether oxygens (including phenoxy) is 1. The van der Waals surface area contributed by atoms with E-state index in [0.717, 1.165) is 22.2 Å². The second kappa shape index (κ2) is 8.62. The molecule has 0 saturated carbocycles. The van der Waals surface area contributed by atoms with Crippen molar-refractivity contribution in [2.24, 2.45) is 0 Å². The van der Waals surface area contributed by atoms with E-state index in [4.69, 9.17) is 9.72 Å². The summed E-state index contributed by atoms with van der Waals surface area (Å²) in [6.07, 6.45) is -2.72. The van der Waals surface area contributed by atoms with Crippen molar-refractivity contribution in [3.63, 3.8) is 0 Å². The van der Waals surface area contributed by atoms with Gasteiger partial charge in [0, 0.05) is 22.9 Å². The zero-order valence-electron chi connectivity index (χ0n) is 21.4. The molecule has 0 unspecified atom stereocenters. The Kier molecular flexibility index (Phi) is 5.40. The zero-order chi connectivity index (χ0) is 28.8. The number of carbonyl (C=O) groups excluding carboxylic acids is 1. The lowest BCUT2D eigenvalue weighted by atomic mass is 9.93. The standard InChI is InChI=1S/C28H22F5N5O3/c1-13-7-22(37-11-27(40,12-37)28(31,32)33)34-10-16(13)14-5-6-17-19(8-14)38-20-9-18(24(38)35-17)36-25(39)15-3-2-4-21(23(15)20)41-26(29)30/h2-8,10,18,20,26,40H,9,11-12H2,1H3,(H,36,39)/t18-,20-/m1/s1. The number of benzene rings is 2. The molecule has 8 nitrogen and oxygen atoms in total. The highest BCUT2D eigenvalue weighted by Gasteiger charge is 2.61. The first-order chi connectivity index (χ1) is 19.4. The van der Waals surface area contributed by atoms with Gasteiger partial charge in [-0.2, -0.15) is 22.0 Å². The van der Waals surface area contributed by atoms with Gasteiger partial charge in [0.05, 0.1) is 36.2 Å². The van der Waals surface area contributed by atoms with Gasteiger partial charge in [-0.15, -0.1) is 0 Å². The molecule has 2 aromatic heterocycles. The number of anilines is 1. The Labute approximate surface area is 229 Å². The van der Waals surface area contributed by atoms with E-state index in [-0.39, 0.29) is 17.2 Å². The number of rotatable bonds is 4. The fourth-order valence-electron chi connectivity index (χ4n) is 6.12. The third kappa shape index (κ3) is 3.85. The van der Waals surface area contributed by atoms with Crippen LogP contribution in [0.4, 0.5) is 27.8 Å². The second-order valence-corrected chi connectivity index (χ2v) is 10.7. The van der Waals surface area contributed by atoms with E-state index in [1.54, 1.807) is 18.3 Å². The van der Waals surface area contributed by atoms with Gasteiger partial charge in [-0.25, -0.2) is 9.97 Å². The average molecular weight is 572 g/mol. The topological polar surface area (TPSA) is 92.5 Å². The molecular weight excluding hydrogens is 549 g/mol. The van der Waals surface area contributed by atoms with Crippen LogP contribution in [-0.4, -0.2) is 57.0 Å². The van der Waals surface area contributed by atoms with Crippen LogP contribution in [0.1, 0.15) is 45.8 Å².